The van der Waals surface area contributed by atoms with Crippen LogP contribution in [0.2, 0.25) is 0 Å². The Balaban J connectivity index is 1.46. The van der Waals surface area contributed by atoms with Crippen LogP contribution in [0.5, 0.6) is 0 Å². The highest BCUT2D eigenvalue weighted by Crippen LogP contribution is 2.27. The molecule has 3 aromatic rings. The zero-order chi connectivity index (χ0) is 19.3. The van der Waals surface area contributed by atoms with Gasteiger partial charge in [0.2, 0.25) is 10.1 Å². The summed E-state index contributed by atoms with van der Waals surface area (Å²) in [4.78, 5) is 17.2. The molecule has 28 heavy (non-hydrogen) atoms. The molecule has 2 aromatic heterocycles. The van der Waals surface area contributed by atoms with Crippen molar-refractivity contribution < 1.29 is 14.6 Å². The molecular weight excluding hydrogens is 378 g/mol. The van der Waals surface area contributed by atoms with Gasteiger partial charge in [0.05, 0.1) is 18.5 Å². The summed E-state index contributed by atoms with van der Waals surface area (Å²) in [5.74, 6) is 0.418. The molecule has 1 fully saturated rings. The van der Waals surface area contributed by atoms with E-state index in [4.69, 9.17) is 9.84 Å². The summed E-state index contributed by atoms with van der Waals surface area (Å²) in [5.41, 5.74) is 2.37. The van der Waals surface area contributed by atoms with Crippen molar-refractivity contribution in [2.75, 3.05) is 38.2 Å². The normalized spacial score (nSPS) is 15.0. The first kappa shape index (κ1) is 18.9. The number of carbonyl (C=O) groups excluding carboxylic acids is 1. The predicted octanol–water partition coefficient (Wildman–Crippen LogP) is 2.02. The topological polar surface area (TPSA) is 101 Å². The number of hydrogen-bond donors (Lipinski definition) is 3. The van der Waals surface area contributed by atoms with Crippen LogP contribution in [0.15, 0.2) is 30.5 Å². The van der Waals surface area contributed by atoms with Gasteiger partial charge in [0, 0.05) is 37.4 Å². The summed E-state index contributed by atoms with van der Waals surface area (Å²) in [6.45, 7) is 2.74. The summed E-state index contributed by atoms with van der Waals surface area (Å²) >= 11 is 1.53. The number of aromatic nitrogens is 3. The number of anilines is 1. The molecule has 0 bridgehead atoms. The number of benzene rings is 1. The van der Waals surface area contributed by atoms with Crippen molar-refractivity contribution in [3.05, 3.63) is 36.0 Å². The molecule has 3 heterocycles. The Morgan fingerprint density at radius 2 is 2.07 bits per heavy atom. The number of nitrogens with one attached hydrogen (secondary N) is 2. The molecule has 1 aliphatic heterocycles. The maximum Gasteiger partial charge on any atom is 0.251 e. The molecule has 1 aliphatic rings. The summed E-state index contributed by atoms with van der Waals surface area (Å²) in [5, 5.41) is 20.4. The molecule has 0 saturated carbocycles. The predicted molar refractivity (Wildman–Crippen MR) is 108 cm³/mol. The van der Waals surface area contributed by atoms with Crippen LogP contribution in [0, 0.1) is 5.92 Å². The third-order valence-corrected chi connectivity index (χ3v) is 5.69. The minimum atomic E-state index is -0.202. The van der Waals surface area contributed by atoms with Crippen LogP contribution in [0.3, 0.4) is 0 Å². The highest BCUT2D eigenvalue weighted by atomic mass is 32.1. The van der Waals surface area contributed by atoms with Gasteiger partial charge >= 0.3 is 0 Å². The van der Waals surface area contributed by atoms with Gasteiger partial charge in [-0.3, -0.25) is 4.79 Å². The van der Waals surface area contributed by atoms with Gasteiger partial charge in [-0.25, -0.2) is 9.50 Å². The molecule has 0 unspecified atom stereocenters. The van der Waals surface area contributed by atoms with Gasteiger partial charge in [0.15, 0.2) is 0 Å². The van der Waals surface area contributed by atoms with E-state index in [0.717, 1.165) is 53.9 Å². The summed E-state index contributed by atoms with van der Waals surface area (Å²) < 4.78 is 7.23. The van der Waals surface area contributed by atoms with E-state index in [0.29, 0.717) is 11.5 Å². The molecular formula is C19H23N5O3S. The molecule has 1 aromatic carbocycles. The quantitative estimate of drug-likeness (QED) is 0.560. The Morgan fingerprint density at radius 1 is 1.29 bits per heavy atom. The fraction of sp³-hybridized carbons (Fsp3) is 0.421. The van der Waals surface area contributed by atoms with Crippen molar-refractivity contribution in [3.63, 3.8) is 0 Å². The van der Waals surface area contributed by atoms with Crippen LogP contribution in [-0.4, -0.2) is 58.5 Å². The molecule has 1 amide bonds. The minimum absolute atomic E-state index is 0.0770. The summed E-state index contributed by atoms with van der Waals surface area (Å²) in [6, 6.07) is 7.29. The van der Waals surface area contributed by atoms with Crippen molar-refractivity contribution in [1.29, 1.82) is 0 Å². The smallest absolute Gasteiger partial charge is 0.251 e. The lowest BCUT2D eigenvalue weighted by molar-refractivity contribution is 0.0699. The maximum atomic E-state index is 12.0. The Morgan fingerprint density at radius 3 is 2.82 bits per heavy atom. The van der Waals surface area contributed by atoms with E-state index in [2.05, 4.69) is 20.7 Å². The maximum absolute atomic E-state index is 12.0. The van der Waals surface area contributed by atoms with E-state index < -0.39 is 0 Å². The first-order valence-electron chi connectivity index (χ1n) is 9.40. The van der Waals surface area contributed by atoms with Gasteiger partial charge in [-0.1, -0.05) is 23.5 Å². The first-order valence-corrected chi connectivity index (χ1v) is 10.2. The van der Waals surface area contributed by atoms with Crippen LogP contribution < -0.4 is 10.6 Å². The Labute approximate surface area is 166 Å². The number of imidazole rings is 1. The van der Waals surface area contributed by atoms with Gasteiger partial charge in [0.25, 0.3) is 5.91 Å². The number of carbonyl (C=O) groups is 1. The van der Waals surface area contributed by atoms with Crippen LogP contribution >= 0.6 is 11.3 Å². The second-order valence-electron chi connectivity index (χ2n) is 6.74. The average molecular weight is 401 g/mol. The molecule has 0 atom stereocenters. The lowest BCUT2D eigenvalue weighted by Crippen LogP contribution is -2.26. The van der Waals surface area contributed by atoms with Crippen LogP contribution in [0.25, 0.3) is 16.2 Å². The molecule has 3 N–H and O–H groups in total. The van der Waals surface area contributed by atoms with E-state index in [1.54, 1.807) is 18.3 Å². The number of aliphatic hydroxyl groups excluding tert-OH is 1. The number of ether oxygens (including phenoxy) is 1. The van der Waals surface area contributed by atoms with Crippen molar-refractivity contribution in [1.82, 2.24) is 19.9 Å². The zero-order valence-corrected chi connectivity index (χ0v) is 16.2. The third-order valence-electron chi connectivity index (χ3n) is 4.81. The first-order chi connectivity index (χ1) is 13.7. The Kier molecular flexibility index (Phi) is 5.84. The second kappa shape index (κ2) is 8.68. The van der Waals surface area contributed by atoms with Crippen molar-refractivity contribution >= 4 is 27.3 Å². The van der Waals surface area contributed by atoms with Crippen LogP contribution in [-0.2, 0) is 4.74 Å². The highest BCUT2D eigenvalue weighted by molar-refractivity contribution is 7.20. The lowest BCUT2D eigenvalue weighted by atomic mass is 10.0. The molecule has 8 nitrogen and oxygen atoms in total. The van der Waals surface area contributed by atoms with E-state index in [1.165, 1.54) is 11.3 Å². The zero-order valence-electron chi connectivity index (χ0n) is 15.4. The third kappa shape index (κ3) is 4.16. The molecule has 0 spiro atoms. The monoisotopic (exact) mass is 401 g/mol. The van der Waals surface area contributed by atoms with Crippen molar-refractivity contribution in [2.45, 2.75) is 12.8 Å². The number of rotatable bonds is 7. The summed E-state index contributed by atoms with van der Waals surface area (Å²) in [7, 11) is 0. The van der Waals surface area contributed by atoms with Crippen LogP contribution in [0.1, 0.15) is 23.2 Å². The van der Waals surface area contributed by atoms with Crippen molar-refractivity contribution in [3.8, 4) is 11.3 Å². The van der Waals surface area contributed by atoms with Gasteiger partial charge < -0.3 is 20.5 Å². The molecule has 0 aliphatic carbocycles. The number of aliphatic hydroxyl groups is 1. The fourth-order valence-corrected chi connectivity index (χ4v) is 3.99. The standard InChI is InChI=1S/C19H23N5O3S/c25-8-7-20-17(26)15-3-1-14(2-4-15)16-12-22-19-24(16)23-18(28-19)21-11-13-5-9-27-10-6-13/h1-4,12-13,25H,5-11H2,(H,20,26)(H,21,23). The largest absolute Gasteiger partial charge is 0.395 e. The number of nitrogens with zero attached hydrogens (tertiary/aromatic N) is 3. The number of hydrogen-bond acceptors (Lipinski definition) is 7. The molecule has 148 valence electrons. The van der Waals surface area contributed by atoms with Gasteiger partial charge in [-0.15, -0.1) is 5.10 Å². The van der Waals surface area contributed by atoms with E-state index >= 15 is 0 Å². The van der Waals surface area contributed by atoms with Gasteiger partial charge in [-0.2, -0.15) is 0 Å². The van der Waals surface area contributed by atoms with E-state index in [9.17, 15) is 4.79 Å². The van der Waals surface area contributed by atoms with Gasteiger partial charge in [0.1, 0.15) is 0 Å². The van der Waals surface area contributed by atoms with Gasteiger partial charge in [-0.05, 0) is 30.9 Å². The molecule has 0 radical (unpaired) electrons. The van der Waals surface area contributed by atoms with Crippen LogP contribution in [0.4, 0.5) is 5.13 Å². The lowest BCUT2D eigenvalue weighted by Gasteiger charge is -2.21. The highest BCUT2D eigenvalue weighted by Gasteiger charge is 2.16. The SMILES string of the molecule is O=C(NCCO)c1ccc(-c2cnc3sc(NCC4CCOCC4)nn23)cc1. The average Bonchev–Trinajstić information content (AvgIpc) is 3.32. The van der Waals surface area contributed by atoms with E-state index in [-0.39, 0.29) is 19.1 Å². The summed E-state index contributed by atoms with van der Waals surface area (Å²) in [6.07, 6.45) is 3.96. The minimum Gasteiger partial charge on any atom is -0.395 e. The second-order valence-corrected chi connectivity index (χ2v) is 7.69. The fourth-order valence-electron chi connectivity index (χ4n) is 3.21. The number of fused-ring (bicyclic) bond motifs is 1. The Bertz CT molecular complexity index is 931. The molecule has 1 saturated heterocycles. The van der Waals surface area contributed by atoms with E-state index in [1.807, 2.05) is 16.6 Å². The number of amides is 1. The van der Waals surface area contributed by atoms with Crippen molar-refractivity contribution in [2.24, 2.45) is 5.92 Å². The molecule has 4 rings (SSSR count). The molecule has 9 heteroatoms. The Hall–Kier alpha value is -2.49.